The molecule has 0 saturated carbocycles. The number of alkyl halides is 1. The normalized spacial score (nSPS) is 19.9. The van der Waals surface area contributed by atoms with Crippen LogP contribution in [-0.4, -0.2) is 57.5 Å². The predicted octanol–water partition coefficient (Wildman–Crippen LogP) is 1.74. The molecular weight excluding hydrogens is 356 g/mol. The highest BCUT2D eigenvalue weighted by molar-refractivity contribution is 9.09. The summed E-state index contributed by atoms with van der Waals surface area (Å²) in [4.78, 5) is 36.0. The molecular formula is C14H23BrN2O5. The molecule has 0 aromatic heterocycles. The molecule has 1 fully saturated rings. The smallest absolute Gasteiger partial charge is 0.407 e. The van der Waals surface area contributed by atoms with Gasteiger partial charge in [0.1, 0.15) is 11.6 Å². The minimum atomic E-state index is -1.02. The first-order chi connectivity index (χ1) is 10.1. The van der Waals surface area contributed by atoms with Gasteiger partial charge in [-0.1, -0.05) is 15.9 Å². The molecule has 1 unspecified atom stereocenters. The van der Waals surface area contributed by atoms with Crippen molar-refractivity contribution in [3.05, 3.63) is 0 Å². The molecule has 1 rings (SSSR count). The number of hydrogen-bond acceptors (Lipinski definition) is 4. The molecule has 1 aliphatic heterocycles. The van der Waals surface area contributed by atoms with Gasteiger partial charge >= 0.3 is 12.1 Å². The van der Waals surface area contributed by atoms with Crippen LogP contribution in [0.5, 0.6) is 0 Å². The molecule has 0 aliphatic carbocycles. The Morgan fingerprint density at radius 3 is 2.59 bits per heavy atom. The molecule has 0 aromatic rings. The molecule has 2 N–H and O–H groups in total. The summed E-state index contributed by atoms with van der Waals surface area (Å²) in [6, 6.07) is -0.851. The van der Waals surface area contributed by atoms with Crippen LogP contribution >= 0.6 is 15.9 Å². The number of carbonyl (C=O) groups is 3. The zero-order valence-electron chi connectivity index (χ0n) is 13.1. The number of likely N-dealkylation sites (tertiary alicyclic amines) is 1. The maximum absolute atomic E-state index is 11.8. The molecule has 1 heterocycles. The Morgan fingerprint density at radius 2 is 2.14 bits per heavy atom. The van der Waals surface area contributed by atoms with E-state index in [4.69, 9.17) is 4.74 Å². The first kappa shape index (κ1) is 18.7. The lowest BCUT2D eigenvalue weighted by atomic mass is 10.1. The van der Waals surface area contributed by atoms with Gasteiger partial charge in [-0.2, -0.15) is 0 Å². The van der Waals surface area contributed by atoms with E-state index in [0.29, 0.717) is 25.9 Å². The van der Waals surface area contributed by atoms with E-state index in [1.54, 1.807) is 20.8 Å². The molecule has 0 spiro atoms. The second kappa shape index (κ2) is 7.80. The Bertz CT molecular complexity index is 435. The first-order valence-corrected chi connectivity index (χ1v) is 8.15. The Kier molecular flexibility index (Phi) is 6.65. The first-order valence-electron chi connectivity index (χ1n) is 7.23. The highest BCUT2D eigenvalue weighted by atomic mass is 79.9. The van der Waals surface area contributed by atoms with E-state index < -0.39 is 23.7 Å². The van der Waals surface area contributed by atoms with Gasteiger partial charge in [0.15, 0.2) is 0 Å². The molecule has 8 heteroatoms. The molecule has 22 heavy (non-hydrogen) atoms. The van der Waals surface area contributed by atoms with Gasteiger partial charge in [-0.15, -0.1) is 0 Å². The zero-order valence-corrected chi connectivity index (χ0v) is 14.7. The largest absolute Gasteiger partial charge is 0.480 e. The third-order valence-corrected chi connectivity index (χ3v) is 3.71. The van der Waals surface area contributed by atoms with Gasteiger partial charge in [0.2, 0.25) is 5.91 Å². The molecule has 0 bridgehead atoms. The Hall–Kier alpha value is -1.31. The average Bonchev–Trinajstić information content (AvgIpc) is 2.65. The topological polar surface area (TPSA) is 95.9 Å². The lowest BCUT2D eigenvalue weighted by molar-refractivity contribution is -0.148. The van der Waals surface area contributed by atoms with Crippen molar-refractivity contribution in [1.29, 1.82) is 0 Å². The summed E-state index contributed by atoms with van der Waals surface area (Å²) in [5.74, 6) is -1.18. The number of rotatable bonds is 6. The summed E-state index contributed by atoms with van der Waals surface area (Å²) < 4.78 is 5.09. The third kappa shape index (κ3) is 6.21. The number of carbonyl (C=O) groups excluding carboxylic acids is 2. The molecule has 0 radical (unpaired) electrons. The summed E-state index contributed by atoms with van der Waals surface area (Å²) in [5.41, 5.74) is -0.569. The minimum absolute atomic E-state index is 0.00161. The van der Waals surface area contributed by atoms with Crippen LogP contribution in [0.1, 0.15) is 40.0 Å². The standard InChI is InChI=1S/C14H23BrN2O5/c1-14(2,3)22-13(21)16-6-4-5-10(12(19)20)17-8-9(15)7-11(17)18/h9-10H,4-8H2,1-3H3,(H,16,21)(H,19,20)/t9?,10-/m0/s1. The van der Waals surface area contributed by atoms with E-state index >= 15 is 0 Å². The van der Waals surface area contributed by atoms with Crippen LogP contribution in [-0.2, 0) is 14.3 Å². The quantitative estimate of drug-likeness (QED) is 0.542. The molecule has 2 amide bonds. The highest BCUT2D eigenvalue weighted by Gasteiger charge is 2.36. The van der Waals surface area contributed by atoms with Gasteiger partial charge < -0.3 is 20.1 Å². The fraction of sp³-hybridized carbons (Fsp3) is 0.786. The van der Waals surface area contributed by atoms with Crippen molar-refractivity contribution in [2.45, 2.75) is 56.5 Å². The molecule has 1 saturated heterocycles. The number of carboxylic acid groups (broad SMARTS) is 1. The number of nitrogens with zero attached hydrogens (tertiary/aromatic N) is 1. The van der Waals surface area contributed by atoms with Crippen molar-refractivity contribution >= 4 is 33.9 Å². The number of alkyl carbamates (subject to hydrolysis) is 1. The van der Waals surface area contributed by atoms with Gasteiger partial charge in [0, 0.05) is 24.3 Å². The van der Waals surface area contributed by atoms with Crippen LogP contribution in [0.15, 0.2) is 0 Å². The van der Waals surface area contributed by atoms with Crippen LogP contribution in [0.3, 0.4) is 0 Å². The maximum atomic E-state index is 11.8. The zero-order chi connectivity index (χ0) is 16.9. The van der Waals surface area contributed by atoms with Gasteiger partial charge in [-0.25, -0.2) is 9.59 Å². The summed E-state index contributed by atoms with van der Waals surface area (Å²) >= 11 is 3.34. The van der Waals surface area contributed by atoms with E-state index in [1.807, 2.05) is 0 Å². The number of amides is 2. The Balaban J connectivity index is 2.39. The molecule has 126 valence electrons. The second-order valence-electron chi connectivity index (χ2n) is 6.27. The Labute approximate surface area is 138 Å². The molecule has 2 atom stereocenters. The number of ether oxygens (including phenoxy) is 1. The molecule has 7 nitrogen and oxygen atoms in total. The van der Waals surface area contributed by atoms with E-state index in [9.17, 15) is 19.5 Å². The van der Waals surface area contributed by atoms with Crippen LogP contribution in [0.4, 0.5) is 4.79 Å². The van der Waals surface area contributed by atoms with Gasteiger partial charge in [0.25, 0.3) is 0 Å². The van der Waals surface area contributed by atoms with Gasteiger partial charge in [-0.05, 0) is 33.6 Å². The lowest BCUT2D eigenvalue weighted by Crippen LogP contribution is -2.43. The second-order valence-corrected chi connectivity index (χ2v) is 7.57. The van der Waals surface area contributed by atoms with E-state index in [1.165, 1.54) is 4.90 Å². The van der Waals surface area contributed by atoms with E-state index in [2.05, 4.69) is 21.2 Å². The van der Waals surface area contributed by atoms with E-state index in [0.717, 1.165) is 0 Å². The van der Waals surface area contributed by atoms with E-state index in [-0.39, 0.29) is 17.2 Å². The average molecular weight is 379 g/mol. The summed E-state index contributed by atoms with van der Waals surface area (Å²) in [7, 11) is 0. The number of aliphatic carboxylic acids is 1. The number of hydrogen-bond donors (Lipinski definition) is 2. The van der Waals surface area contributed by atoms with Crippen molar-refractivity contribution < 1.29 is 24.2 Å². The number of carboxylic acids is 1. The monoisotopic (exact) mass is 378 g/mol. The number of halogens is 1. The Morgan fingerprint density at radius 1 is 1.50 bits per heavy atom. The fourth-order valence-corrected chi connectivity index (χ4v) is 2.79. The SMILES string of the molecule is CC(C)(C)OC(=O)NCCC[C@@H](C(=O)O)N1CC(Br)CC1=O. The summed E-state index contributed by atoms with van der Waals surface area (Å²) in [5, 5.41) is 11.9. The van der Waals surface area contributed by atoms with Crippen molar-refractivity contribution in [2.24, 2.45) is 0 Å². The van der Waals surface area contributed by atoms with Crippen molar-refractivity contribution in [3.8, 4) is 0 Å². The van der Waals surface area contributed by atoms with Gasteiger partial charge in [-0.3, -0.25) is 4.79 Å². The van der Waals surface area contributed by atoms with Crippen LogP contribution < -0.4 is 5.32 Å². The fourth-order valence-electron chi connectivity index (χ4n) is 2.20. The predicted molar refractivity (Wildman–Crippen MR) is 83.9 cm³/mol. The van der Waals surface area contributed by atoms with Crippen LogP contribution in [0.25, 0.3) is 0 Å². The van der Waals surface area contributed by atoms with Gasteiger partial charge in [0.05, 0.1) is 0 Å². The van der Waals surface area contributed by atoms with Crippen molar-refractivity contribution in [1.82, 2.24) is 10.2 Å². The highest BCUT2D eigenvalue weighted by Crippen LogP contribution is 2.22. The van der Waals surface area contributed by atoms with Crippen LogP contribution in [0.2, 0.25) is 0 Å². The molecule has 1 aliphatic rings. The number of nitrogens with one attached hydrogen (secondary N) is 1. The third-order valence-electron chi connectivity index (χ3n) is 3.10. The minimum Gasteiger partial charge on any atom is -0.480 e. The summed E-state index contributed by atoms with van der Waals surface area (Å²) in [6.07, 6.45) is 0.529. The summed E-state index contributed by atoms with van der Waals surface area (Å²) in [6.45, 7) is 6.00. The molecule has 0 aromatic carbocycles. The maximum Gasteiger partial charge on any atom is 0.407 e. The van der Waals surface area contributed by atoms with Crippen LogP contribution in [0, 0.1) is 0 Å². The van der Waals surface area contributed by atoms with Crippen molar-refractivity contribution in [3.63, 3.8) is 0 Å². The van der Waals surface area contributed by atoms with Crippen molar-refractivity contribution in [2.75, 3.05) is 13.1 Å². The lowest BCUT2D eigenvalue weighted by Gasteiger charge is -2.24.